The van der Waals surface area contributed by atoms with Crippen LogP contribution in [-0.4, -0.2) is 31.6 Å². The molecule has 0 heterocycles. The highest BCUT2D eigenvalue weighted by Gasteiger charge is 2.31. The van der Waals surface area contributed by atoms with Gasteiger partial charge >= 0.3 is 5.51 Å². The normalized spacial score (nSPS) is 11.3. The summed E-state index contributed by atoms with van der Waals surface area (Å²) in [6.45, 7) is 0.753. The van der Waals surface area contributed by atoms with Gasteiger partial charge in [0.2, 0.25) is 0 Å². The lowest BCUT2D eigenvalue weighted by molar-refractivity contribution is -0.0328. The molecule has 0 fully saturated rings. The molecule has 0 radical (unpaired) electrons. The summed E-state index contributed by atoms with van der Waals surface area (Å²) >= 11 is -0.312. The summed E-state index contributed by atoms with van der Waals surface area (Å²) in [6, 6.07) is 11.9. The summed E-state index contributed by atoms with van der Waals surface area (Å²) in [5.41, 5.74) is -4.03. The minimum atomic E-state index is -4.46. The molecule has 1 amide bonds. The van der Waals surface area contributed by atoms with Gasteiger partial charge in [-0.05, 0) is 42.4 Å². The molecule has 0 atom stereocenters. The number of para-hydroxylation sites is 1. The zero-order valence-electron chi connectivity index (χ0n) is 14.0. The Balaban J connectivity index is 1.87. The maximum atomic E-state index is 13.7. The summed E-state index contributed by atoms with van der Waals surface area (Å²) in [4.78, 5) is 13.7. The number of carbonyl (C=O) groups excluding carboxylic acids is 1. The molecule has 8 heteroatoms. The summed E-state index contributed by atoms with van der Waals surface area (Å²) < 4.78 is 51.4. The molecule has 0 aliphatic rings. The molecule has 0 saturated carbocycles. The third-order valence-corrected chi connectivity index (χ3v) is 4.38. The van der Waals surface area contributed by atoms with Gasteiger partial charge in [0.25, 0.3) is 5.91 Å². The Hall–Kier alpha value is -2.22. The lowest BCUT2D eigenvalue weighted by atomic mass is 10.2. The number of hydrogen-bond donors (Lipinski definition) is 1. The lowest BCUT2D eigenvalue weighted by Crippen LogP contribution is -2.28. The van der Waals surface area contributed by atoms with Gasteiger partial charge < -0.3 is 10.2 Å². The Labute approximate surface area is 153 Å². The van der Waals surface area contributed by atoms with E-state index in [0.717, 1.165) is 0 Å². The molecule has 3 nitrogen and oxygen atoms in total. The van der Waals surface area contributed by atoms with E-state index in [1.807, 2.05) is 0 Å². The van der Waals surface area contributed by atoms with Crippen molar-refractivity contribution in [2.75, 3.05) is 25.0 Å². The van der Waals surface area contributed by atoms with Crippen molar-refractivity contribution < 1.29 is 22.4 Å². The second kappa shape index (κ2) is 8.93. The fraction of sp³-hybridized carbons (Fsp3) is 0.278. The van der Waals surface area contributed by atoms with Crippen LogP contribution in [0.1, 0.15) is 16.8 Å². The van der Waals surface area contributed by atoms with Crippen molar-refractivity contribution >= 4 is 23.4 Å². The maximum absolute atomic E-state index is 13.7. The zero-order chi connectivity index (χ0) is 19.2. The third-order valence-electron chi connectivity index (χ3n) is 3.58. The van der Waals surface area contributed by atoms with Gasteiger partial charge in [-0.25, -0.2) is 4.39 Å². The number of benzene rings is 2. The molecule has 2 aromatic carbocycles. The van der Waals surface area contributed by atoms with Crippen LogP contribution in [-0.2, 0) is 0 Å². The average Bonchev–Trinajstić information content (AvgIpc) is 2.58. The van der Waals surface area contributed by atoms with Crippen molar-refractivity contribution in [3.8, 4) is 0 Å². The van der Waals surface area contributed by atoms with Crippen LogP contribution in [0.3, 0.4) is 0 Å². The van der Waals surface area contributed by atoms with Gasteiger partial charge in [-0.2, -0.15) is 13.2 Å². The first-order valence-electron chi connectivity index (χ1n) is 7.86. The number of nitrogens with one attached hydrogen (secondary N) is 1. The number of anilines is 1. The van der Waals surface area contributed by atoms with E-state index in [1.54, 1.807) is 30.1 Å². The zero-order valence-corrected chi connectivity index (χ0v) is 14.8. The Morgan fingerprint density at radius 2 is 1.77 bits per heavy atom. The van der Waals surface area contributed by atoms with E-state index in [1.165, 1.54) is 30.3 Å². The number of alkyl halides is 3. The largest absolute Gasteiger partial charge is 0.446 e. The van der Waals surface area contributed by atoms with Gasteiger partial charge in [0.05, 0.1) is 11.3 Å². The topological polar surface area (TPSA) is 32.3 Å². The number of hydrogen-bond acceptors (Lipinski definition) is 3. The highest BCUT2D eigenvalue weighted by molar-refractivity contribution is 8.00. The average molecular weight is 386 g/mol. The van der Waals surface area contributed by atoms with Gasteiger partial charge in [-0.15, -0.1) is 0 Å². The molecular weight excluding hydrogens is 368 g/mol. The van der Waals surface area contributed by atoms with Crippen molar-refractivity contribution in [3.63, 3.8) is 0 Å². The second-order valence-corrected chi connectivity index (χ2v) is 6.63. The van der Waals surface area contributed by atoms with Crippen molar-refractivity contribution in [2.45, 2.75) is 16.8 Å². The van der Waals surface area contributed by atoms with Gasteiger partial charge in [0, 0.05) is 25.0 Å². The van der Waals surface area contributed by atoms with Crippen LogP contribution in [0, 0.1) is 5.82 Å². The van der Waals surface area contributed by atoms with Crippen LogP contribution in [0.4, 0.5) is 23.2 Å². The summed E-state index contributed by atoms with van der Waals surface area (Å²) in [5, 5.41) is 2.61. The number of amides is 1. The molecule has 0 spiro atoms. The summed E-state index contributed by atoms with van der Waals surface area (Å²) in [5.74, 6) is -0.900. The minimum Gasteiger partial charge on any atom is -0.372 e. The molecule has 2 aromatic rings. The van der Waals surface area contributed by atoms with Crippen LogP contribution in [0.15, 0.2) is 53.4 Å². The first-order valence-corrected chi connectivity index (χ1v) is 8.68. The molecule has 0 bridgehead atoms. The van der Waals surface area contributed by atoms with Crippen molar-refractivity contribution in [1.29, 1.82) is 0 Å². The first-order chi connectivity index (χ1) is 12.3. The SMILES string of the molecule is CN(CCCNC(=O)c1ccccc1SC(F)(F)F)c1ccccc1F. The van der Waals surface area contributed by atoms with Crippen LogP contribution >= 0.6 is 11.8 Å². The molecular formula is C18H18F4N2OS. The Morgan fingerprint density at radius 1 is 1.12 bits per heavy atom. The molecule has 26 heavy (non-hydrogen) atoms. The van der Waals surface area contributed by atoms with E-state index in [2.05, 4.69) is 5.32 Å². The van der Waals surface area contributed by atoms with Crippen molar-refractivity contribution in [3.05, 3.63) is 59.9 Å². The Kier molecular flexibility index (Phi) is 6.90. The molecule has 0 aromatic heterocycles. The van der Waals surface area contributed by atoms with Crippen LogP contribution in [0.25, 0.3) is 0 Å². The van der Waals surface area contributed by atoms with E-state index in [-0.39, 0.29) is 34.6 Å². The predicted octanol–water partition coefficient (Wildman–Crippen LogP) is 4.69. The van der Waals surface area contributed by atoms with E-state index >= 15 is 0 Å². The molecule has 2 rings (SSSR count). The number of rotatable bonds is 7. The monoisotopic (exact) mass is 386 g/mol. The van der Waals surface area contributed by atoms with Gasteiger partial charge in [0.1, 0.15) is 5.82 Å². The fourth-order valence-corrected chi connectivity index (χ4v) is 3.03. The van der Waals surface area contributed by atoms with E-state index in [4.69, 9.17) is 0 Å². The highest BCUT2D eigenvalue weighted by Crippen LogP contribution is 2.38. The van der Waals surface area contributed by atoms with E-state index in [9.17, 15) is 22.4 Å². The smallest absolute Gasteiger partial charge is 0.372 e. The Morgan fingerprint density at radius 3 is 2.46 bits per heavy atom. The highest BCUT2D eigenvalue weighted by atomic mass is 32.2. The van der Waals surface area contributed by atoms with Crippen LogP contribution in [0.2, 0.25) is 0 Å². The predicted molar refractivity (Wildman–Crippen MR) is 95.0 cm³/mol. The standard InChI is InChI=1S/C18H18F4N2OS/c1-24(15-9-4-3-8-14(15)19)12-6-11-23-17(25)13-7-2-5-10-16(13)26-18(20,21)22/h2-5,7-10H,6,11-12H2,1H3,(H,23,25). The van der Waals surface area contributed by atoms with Gasteiger partial charge in [-0.1, -0.05) is 24.3 Å². The molecule has 140 valence electrons. The van der Waals surface area contributed by atoms with E-state index in [0.29, 0.717) is 18.7 Å². The third kappa shape index (κ3) is 5.94. The summed E-state index contributed by atoms with van der Waals surface area (Å²) in [6.07, 6.45) is 0.519. The Bertz CT molecular complexity index is 752. The van der Waals surface area contributed by atoms with Crippen molar-refractivity contribution in [1.82, 2.24) is 5.32 Å². The van der Waals surface area contributed by atoms with Crippen molar-refractivity contribution in [2.24, 2.45) is 0 Å². The molecule has 0 unspecified atom stereocenters. The fourth-order valence-electron chi connectivity index (χ4n) is 2.36. The summed E-state index contributed by atoms with van der Waals surface area (Å²) in [7, 11) is 1.73. The van der Waals surface area contributed by atoms with Gasteiger partial charge in [-0.3, -0.25) is 4.79 Å². The molecule has 0 saturated heterocycles. The minimum absolute atomic E-state index is 0.0164. The van der Waals surface area contributed by atoms with Crippen LogP contribution < -0.4 is 10.2 Å². The number of thioether (sulfide) groups is 1. The van der Waals surface area contributed by atoms with E-state index < -0.39 is 11.4 Å². The van der Waals surface area contributed by atoms with Crippen LogP contribution in [0.5, 0.6) is 0 Å². The number of halogens is 4. The quantitative estimate of drug-likeness (QED) is 0.426. The maximum Gasteiger partial charge on any atom is 0.446 e. The number of nitrogens with zero attached hydrogens (tertiary/aromatic N) is 1. The molecule has 0 aliphatic heterocycles. The number of carbonyl (C=O) groups is 1. The second-order valence-electron chi connectivity index (χ2n) is 5.53. The first kappa shape index (κ1) is 20.1. The van der Waals surface area contributed by atoms with Gasteiger partial charge in [0.15, 0.2) is 0 Å². The molecule has 0 aliphatic carbocycles. The lowest BCUT2D eigenvalue weighted by Gasteiger charge is -2.20. The molecule has 1 N–H and O–H groups in total.